The third kappa shape index (κ3) is 4.44. The molecule has 4 N–H and O–H groups in total. The van der Waals surface area contributed by atoms with Gasteiger partial charge in [-0.1, -0.05) is 12.2 Å². The lowest BCUT2D eigenvalue weighted by molar-refractivity contribution is -0.120. The van der Waals surface area contributed by atoms with Crippen molar-refractivity contribution < 1.29 is 13.6 Å². The number of anilines is 1. The number of carbonyl (C=O) groups excluding carboxylic acids is 1. The van der Waals surface area contributed by atoms with Crippen LogP contribution in [0.1, 0.15) is 18.9 Å². The maximum Gasteiger partial charge on any atom is 0.221 e. The van der Waals surface area contributed by atoms with E-state index in [0.29, 0.717) is 6.54 Å². The van der Waals surface area contributed by atoms with Crippen LogP contribution in [0.4, 0.5) is 14.5 Å². The summed E-state index contributed by atoms with van der Waals surface area (Å²) in [6, 6.07) is 2.11. The van der Waals surface area contributed by atoms with E-state index >= 15 is 0 Å². The highest BCUT2D eigenvalue weighted by molar-refractivity contribution is 7.80. The van der Waals surface area contributed by atoms with Crippen LogP contribution in [0.15, 0.2) is 12.1 Å². The van der Waals surface area contributed by atoms with E-state index in [9.17, 15) is 13.6 Å². The minimum atomic E-state index is -0.793. The molecule has 4 nitrogen and oxygen atoms in total. The molecule has 0 fully saturated rings. The van der Waals surface area contributed by atoms with E-state index in [1.807, 2.05) is 0 Å². The Bertz CT molecular complexity index is 471. The fraction of sp³-hybridized carbons (Fsp3) is 0.333. The Morgan fingerprint density at radius 3 is 2.42 bits per heavy atom. The van der Waals surface area contributed by atoms with Gasteiger partial charge in [-0.25, -0.2) is 8.78 Å². The van der Waals surface area contributed by atoms with Gasteiger partial charge in [0.25, 0.3) is 0 Å². The van der Waals surface area contributed by atoms with Crippen molar-refractivity contribution in [3.63, 3.8) is 0 Å². The molecule has 0 radical (unpaired) electrons. The standard InChI is InChI=1S/C12H15F2N3OS/c1-2-16-10(18)3-4-17-11-8(13)5-7(12(15)19)6-9(11)14/h5-6,17H,2-4H2,1H3,(H2,15,19)(H,16,18). The van der Waals surface area contributed by atoms with Gasteiger partial charge in [-0.15, -0.1) is 0 Å². The van der Waals surface area contributed by atoms with Crippen LogP contribution < -0.4 is 16.4 Å². The zero-order valence-corrected chi connectivity index (χ0v) is 11.2. The molecule has 0 heterocycles. The summed E-state index contributed by atoms with van der Waals surface area (Å²) in [7, 11) is 0. The Kier molecular flexibility index (Phi) is 5.62. The van der Waals surface area contributed by atoms with Crippen LogP contribution in [0.3, 0.4) is 0 Å². The Hall–Kier alpha value is -1.76. The summed E-state index contributed by atoms with van der Waals surface area (Å²) in [5.41, 5.74) is 5.14. The molecule has 0 aliphatic heterocycles. The SMILES string of the molecule is CCNC(=O)CCNc1c(F)cc(C(N)=S)cc1F. The molecule has 1 amide bonds. The van der Waals surface area contributed by atoms with Gasteiger partial charge in [-0.05, 0) is 19.1 Å². The number of carbonyl (C=O) groups is 1. The zero-order chi connectivity index (χ0) is 14.4. The summed E-state index contributed by atoms with van der Waals surface area (Å²) >= 11 is 4.65. The smallest absolute Gasteiger partial charge is 0.221 e. The summed E-state index contributed by atoms with van der Waals surface area (Å²) in [5, 5.41) is 5.13. The van der Waals surface area contributed by atoms with Crippen molar-refractivity contribution in [2.45, 2.75) is 13.3 Å². The van der Waals surface area contributed by atoms with Gasteiger partial charge in [-0.3, -0.25) is 4.79 Å². The lowest BCUT2D eigenvalue weighted by atomic mass is 10.2. The molecule has 1 aromatic carbocycles. The molecule has 0 saturated carbocycles. The Balaban J connectivity index is 2.69. The highest BCUT2D eigenvalue weighted by Gasteiger charge is 2.12. The first-order valence-electron chi connectivity index (χ1n) is 5.75. The van der Waals surface area contributed by atoms with Gasteiger partial charge in [-0.2, -0.15) is 0 Å². The fourth-order valence-corrected chi connectivity index (χ4v) is 1.59. The molecule has 1 rings (SSSR count). The molecule has 0 saturated heterocycles. The normalized spacial score (nSPS) is 10.1. The summed E-state index contributed by atoms with van der Waals surface area (Å²) in [6.07, 6.45) is 0.129. The number of benzene rings is 1. The van der Waals surface area contributed by atoms with E-state index < -0.39 is 11.6 Å². The van der Waals surface area contributed by atoms with Gasteiger partial charge in [0.2, 0.25) is 5.91 Å². The molecule has 0 spiro atoms. The van der Waals surface area contributed by atoms with E-state index in [1.165, 1.54) is 0 Å². The number of halogens is 2. The average molecular weight is 287 g/mol. The molecular formula is C12H15F2N3OS. The van der Waals surface area contributed by atoms with Crippen LogP contribution in [0.2, 0.25) is 0 Å². The van der Waals surface area contributed by atoms with Crippen molar-refractivity contribution >= 4 is 28.8 Å². The van der Waals surface area contributed by atoms with Crippen LogP contribution in [0.25, 0.3) is 0 Å². The second-order valence-corrected chi connectivity index (χ2v) is 4.25. The highest BCUT2D eigenvalue weighted by atomic mass is 32.1. The summed E-state index contributed by atoms with van der Waals surface area (Å²) in [6.45, 7) is 2.44. The van der Waals surface area contributed by atoms with Crippen molar-refractivity contribution in [1.29, 1.82) is 0 Å². The number of hydrogen-bond acceptors (Lipinski definition) is 3. The predicted molar refractivity (Wildman–Crippen MR) is 74.0 cm³/mol. The van der Waals surface area contributed by atoms with Crippen molar-refractivity contribution in [1.82, 2.24) is 5.32 Å². The maximum absolute atomic E-state index is 13.6. The Morgan fingerprint density at radius 1 is 1.37 bits per heavy atom. The lowest BCUT2D eigenvalue weighted by Crippen LogP contribution is -2.25. The molecule has 1 aromatic rings. The van der Waals surface area contributed by atoms with Gasteiger partial charge in [0.05, 0.1) is 0 Å². The van der Waals surface area contributed by atoms with Gasteiger partial charge in [0.15, 0.2) is 0 Å². The minimum absolute atomic E-state index is 0.0772. The van der Waals surface area contributed by atoms with Gasteiger partial charge >= 0.3 is 0 Å². The topological polar surface area (TPSA) is 67.2 Å². The van der Waals surface area contributed by atoms with E-state index in [-0.39, 0.29) is 35.1 Å². The number of nitrogens with two attached hydrogens (primary N) is 1. The summed E-state index contributed by atoms with van der Waals surface area (Å²) < 4.78 is 27.3. The summed E-state index contributed by atoms with van der Waals surface area (Å²) in [4.78, 5) is 11.1. The highest BCUT2D eigenvalue weighted by Crippen LogP contribution is 2.20. The average Bonchev–Trinajstić information content (AvgIpc) is 2.32. The Labute approximate surface area is 115 Å². The van der Waals surface area contributed by atoms with Crippen LogP contribution in [-0.4, -0.2) is 24.0 Å². The van der Waals surface area contributed by atoms with Crippen molar-refractivity contribution in [3.05, 3.63) is 29.3 Å². The second-order valence-electron chi connectivity index (χ2n) is 3.81. The third-order valence-corrected chi connectivity index (χ3v) is 2.59. The van der Waals surface area contributed by atoms with Crippen molar-refractivity contribution in [2.75, 3.05) is 18.4 Å². The summed E-state index contributed by atoms with van der Waals surface area (Å²) in [5.74, 6) is -1.77. The van der Waals surface area contributed by atoms with Crippen LogP contribution in [-0.2, 0) is 4.79 Å². The van der Waals surface area contributed by atoms with Crippen LogP contribution in [0, 0.1) is 11.6 Å². The predicted octanol–water partition coefficient (Wildman–Crippen LogP) is 1.54. The van der Waals surface area contributed by atoms with Crippen molar-refractivity contribution in [3.8, 4) is 0 Å². The fourth-order valence-electron chi connectivity index (χ4n) is 1.47. The van der Waals surface area contributed by atoms with E-state index in [4.69, 9.17) is 5.73 Å². The van der Waals surface area contributed by atoms with Gasteiger partial charge in [0, 0.05) is 25.1 Å². The first-order valence-corrected chi connectivity index (χ1v) is 6.16. The maximum atomic E-state index is 13.6. The van der Waals surface area contributed by atoms with Gasteiger partial charge in [0.1, 0.15) is 22.3 Å². The number of rotatable bonds is 6. The molecular weight excluding hydrogens is 272 g/mol. The van der Waals surface area contributed by atoms with E-state index in [1.54, 1.807) is 6.92 Å². The van der Waals surface area contributed by atoms with Gasteiger partial charge < -0.3 is 16.4 Å². The minimum Gasteiger partial charge on any atom is -0.389 e. The van der Waals surface area contributed by atoms with Crippen LogP contribution >= 0.6 is 12.2 Å². The molecule has 0 bridgehead atoms. The molecule has 0 unspecified atom stereocenters. The zero-order valence-electron chi connectivity index (χ0n) is 10.4. The molecule has 0 aliphatic rings. The number of amides is 1. The second kappa shape index (κ2) is 6.98. The molecule has 0 aliphatic carbocycles. The molecule has 19 heavy (non-hydrogen) atoms. The molecule has 0 aromatic heterocycles. The largest absolute Gasteiger partial charge is 0.389 e. The van der Waals surface area contributed by atoms with Crippen molar-refractivity contribution in [2.24, 2.45) is 5.73 Å². The lowest BCUT2D eigenvalue weighted by Gasteiger charge is -2.10. The quantitative estimate of drug-likeness (QED) is 0.694. The van der Waals surface area contributed by atoms with E-state index in [2.05, 4.69) is 22.9 Å². The first kappa shape index (κ1) is 15.3. The van der Waals surface area contributed by atoms with E-state index in [0.717, 1.165) is 12.1 Å². The first-order chi connectivity index (χ1) is 8.95. The number of nitrogens with one attached hydrogen (secondary N) is 2. The molecule has 0 atom stereocenters. The van der Waals surface area contributed by atoms with Crippen LogP contribution in [0.5, 0.6) is 0 Å². The number of thiocarbonyl (C=S) groups is 1. The molecule has 7 heteroatoms. The third-order valence-electron chi connectivity index (χ3n) is 2.35. The monoisotopic (exact) mass is 287 g/mol. The molecule has 104 valence electrons. The Morgan fingerprint density at radius 2 is 1.95 bits per heavy atom. The number of hydrogen-bond donors (Lipinski definition) is 3.